The molecular weight excluding hydrogens is 421 g/mol. The highest BCUT2D eigenvalue weighted by atomic mass is 32.1. The predicted octanol–water partition coefficient (Wildman–Crippen LogP) is 5.07. The van der Waals surface area contributed by atoms with Crippen molar-refractivity contribution in [2.45, 2.75) is 13.8 Å². The van der Waals surface area contributed by atoms with E-state index < -0.39 is 11.9 Å². The van der Waals surface area contributed by atoms with Crippen LogP contribution in [0.2, 0.25) is 0 Å². The van der Waals surface area contributed by atoms with Gasteiger partial charge < -0.3 is 19.5 Å². The molecular formula is C23H22FNO5S. The van der Waals surface area contributed by atoms with Crippen molar-refractivity contribution in [2.75, 3.05) is 25.6 Å². The molecule has 0 aliphatic rings. The molecule has 0 spiro atoms. The molecule has 162 valence electrons. The van der Waals surface area contributed by atoms with Crippen molar-refractivity contribution in [2.24, 2.45) is 0 Å². The molecule has 0 atom stereocenters. The molecule has 0 saturated heterocycles. The molecule has 1 aromatic heterocycles. The standard InChI is InChI=1S/C23H22FNO5S/c1-4-29-23(27)21-20(15-8-10-16(24)11-9-15)14(2)31-22(21)25-19(26)13-30-18-7-5-6-17(12-18)28-3/h5-12H,4,13H2,1-3H3,(H,25,26). The van der Waals surface area contributed by atoms with Crippen LogP contribution in [-0.4, -0.2) is 32.2 Å². The highest BCUT2D eigenvalue weighted by molar-refractivity contribution is 7.17. The summed E-state index contributed by atoms with van der Waals surface area (Å²) in [4.78, 5) is 26.0. The molecule has 1 heterocycles. The molecule has 31 heavy (non-hydrogen) atoms. The third kappa shape index (κ3) is 5.40. The smallest absolute Gasteiger partial charge is 0.341 e. The van der Waals surface area contributed by atoms with Crippen molar-refractivity contribution in [3.8, 4) is 22.6 Å². The van der Waals surface area contributed by atoms with Gasteiger partial charge in [0, 0.05) is 16.5 Å². The summed E-state index contributed by atoms with van der Waals surface area (Å²) < 4.78 is 29.2. The minimum absolute atomic E-state index is 0.183. The summed E-state index contributed by atoms with van der Waals surface area (Å²) >= 11 is 1.25. The van der Waals surface area contributed by atoms with Crippen LogP contribution < -0.4 is 14.8 Å². The maximum absolute atomic E-state index is 13.4. The average Bonchev–Trinajstić information content (AvgIpc) is 3.08. The van der Waals surface area contributed by atoms with Gasteiger partial charge in [-0.15, -0.1) is 11.3 Å². The van der Waals surface area contributed by atoms with Gasteiger partial charge in [0.15, 0.2) is 6.61 Å². The van der Waals surface area contributed by atoms with Gasteiger partial charge in [-0.25, -0.2) is 9.18 Å². The van der Waals surface area contributed by atoms with E-state index in [1.807, 2.05) is 6.92 Å². The molecule has 1 amide bonds. The van der Waals surface area contributed by atoms with E-state index in [0.717, 1.165) is 4.88 Å². The number of methoxy groups -OCH3 is 1. The van der Waals surface area contributed by atoms with Crippen molar-refractivity contribution in [1.29, 1.82) is 0 Å². The summed E-state index contributed by atoms with van der Waals surface area (Å²) in [7, 11) is 1.54. The summed E-state index contributed by atoms with van der Waals surface area (Å²) in [6.07, 6.45) is 0. The molecule has 2 aromatic carbocycles. The fourth-order valence-corrected chi connectivity index (χ4v) is 4.08. The maximum Gasteiger partial charge on any atom is 0.341 e. The van der Waals surface area contributed by atoms with E-state index in [1.165, 1.54) is 23.5 Å². The van der Waals surface area contributed by atoms with E-state index in [9.17, 15) is 14.0 Å². The summed E-state index contributed by atoms with van der Waals surface area (Å²) in [6.45, 7) is 3.46. The lowest BCUT2D eigenvalue weighted by atomic mass is 10.0. The first kappa shape index (κ1) is 22.3. The summed E-state index contributed by atoms with van der Waals surface area (Å²) in [5, 5.41) is 3.10. The number of benzene rings is 2. The molecule has 6 nitrogen and oxygen atoms in total. The van der Waals surface area contributed by atoms with Crippen LogP contribution in [0.5, 0.6) is 11.5 Å². The normalized spacial score (nSPS) is 10.5. The Hall–Kier alpha value is -3.39. The molecule has 3 aromatic rings. The second-order valence-corrected chi connectivity index (χ2v) is 7.71. The molecule has 0 saturated carbocycles. The van der Waals surface area contributed by atoms with Crippen molar-refractivity contribution in [1.82, 2.24) is 0 Å². The number of hydrogen-bond donors (Lipinski definition) is 1. The average molecular weight is 443 g/mol. The van der Waals surface area contributed by atoms with Crippen LogP contribution in [0.25, 0.3) is 11.1 Å². The first-order valence-electron chi connectivity index (χ1n) is 9.56. The van der Waals surface area contributed by atoms with Gasteiger partial charge in [-0.3, -0.25) is 4.79 Å². The van der Waals surface area contributed by atoms with Gasteiger partial charge in [0.1, 0.15) is 27.9 Å². The zero-order valence-electron chi connectivity index (χ0n) is 17.4. The van der Waals surface area contributed by atoms with Crippen LogP contribution in [0.3, 0.4) is 0 Å². The minimum Gasteiger partial charge on any atom is -0.497 e. The first-order chi connectivity index (χ1) is 14.9. The van der Waals surface area contributed by atoms with Crippen molar-refractivity contribution >= 4 is 28.2 Å². The Morgan fingerprint density at radius 2 is 1.81 bits per heavy atom. The lowest BCUT2D eigenvalue weighted by Crippen LogP contribution is -2.21. The predicted molar refractivity (Wildman–Crippen MR) is 118 cm³/mol. The fourth-order valence-electron chi connectivity index (χ4n) is 3.00. The lowest BCUT2D eigenvalue weighted by Gasteiger charge is -2.10. The molecule has 8 heteroatoms. The number of aryl methyl sites for hydroxylation is 1. The molecule has 0 aliphatic heterocycles. The van der Waals surface area contributed by atoms with Crippen molar-refractivity contribution < 1.29 is 28.2 Å². The number of carbonyl (C=O) groups excluding carboxylic acids is 2. The Balaban J connectivity index is 1.84. The van der Waals surface area contributed by atoms with Crippen molar-refractivity contribution in [3.05, 3.63) is 64.8 Å². The largest absolute Gasteiger partial charge is 0.497 e. The van der Waals surface area contributed by atoms with Crippen LogP contribution in [0.1, 0.15) is 22.2 Å². The second kappa shape index (κ2) is 10.1. The Kier molecular flexibility index (Phi) is 7.25. The minimum atomic E-state index is -0.560. The molecule has 0 bridgehead atoms. The molecule has 0 fully saturated rings. The zero-order chi connectivity index (χ0) is 22.4. The Morgan fingerprint density at radius 1 is 1.10 bits per heavy atom. The van der Waals surface area contributed by atoms with Crippen LogP contribution in [0, 0.1) is 12.7 Å². The fraction of sp³-hybridized carbons (Fsp3) is 0.217. The van der Waals surface area contributed by atoms with E-state index in [2.05, 4.69) is 5.32 Å². The number of anilines is 1. The Morgan fingerprint density at radius 3 is 2.48 bits per heavy atom. The van der Waals surface area contributed by atoms with E-state index in [4.69, 9.17) is 14.2 Å². The van der Waals surface area contributed by atoms with Crippen LogP contribution in [0.15, 0.2) is 48.5 Å². The lowest BCUT2D eigenvalue weighted by molar-refractivity contribution is -0.118. The number of carbonyl (C=O) groups is 2. The van der Waals surface area contributed by atoms with Gasteiger partial charge in [-0.05, 0) is 43.7 Å². The Labute approximate surface area is 183 Å². The number of hydrogen-bond acceptors (Lipinski definition) is 6. The van der Waals surface area contributed by atoms with E-state index in [-0.39, 0.29) is 24.6 Å². The number of ether oxygens (including phenoxy) is 3. The zero-order valence-corrected chi connectivity index (χ0v) is 18.2. The summed E-state index contributed by atoms with van der Waals surface area (Å²) in [5.74, 6) is -0.275. The number of amides is 1. The third-order valence-electron chi connectivity index (χ3n) is 4.36. The number of nitrogens with one attached hydrogen (secondary N) is 1. The number of thiophene rings is 1. The summed E-state index contributed by atoms with van der Waals surface area (Å²) in [6, 6.07) is 12.7. The van der Waals surface area contributed by atoms with Crippen molar-refractivity contribution in [3.63, 3.8) is 0 Å². The monoisotopic (exact) mass is 443 g/mol. The second-order valence-electron chi connectivity index (χ2n) is 6.48. The number of halogens is 1. The number of esters is 1. The van der Waals surface area contributed by atoms with E-state index >= 15 is 0 Å². The van der Waals surface area contributed by atoms with Crippen LogP contribution in [0.4, 0.5) is 9.39 Å². The van der Waals surface area contributed by atoms with Gasteiger partial charge in [0.2, 0.25) is 0 Å². The topological polar surface area (TPSA) is 73.9 Å². The molecule has 3 rings (SSSR count). The van der Waals surface area contributed by atoms with E-state index in [1.54, 1.807) is 50.4 Å². The Bertz CT molecular complexity index is 1080. The van der Waals surface area contributed by atoms with Crippen LogP contribution in [-0.2, 0) is 9.53 Å². The third-order valence-corrected chi connectivity index (χ3v) is 5.38. The van der Waals surface area contributed by atoms with Gasteiger partial charge in [0.05, 0.1) is 13.7 Å². The molecule has 0 aliphatic carbocycles. The van der Waals surface area contributed by atoms with Gasteiger partial charge in [-0.1, -0.05) is 18.2 Å². The maximum atomic E-state index is 13.4. The molecule has 1 N–H and O–H groups in total. The highest BCUT2D eigenvalue weighted by Crippen LogP contribution is 2.40. The van der Waals surface area contributed by atoms with Gasteiger partial charge in [0.25, 0.3) is 5.91 Å². The highest BCUT2D eigenvalue weighted by Gasteiger charge is 2.25. The first-order valence-corrected chi connectivity index (χ1v) is 10.4. The molecule has 0 unspecified atom stereocenters. The number of rotatable bonds is 8. The van der Waals surface area contributed by atoms with Gasteiger partial charge >= 0.3 is 5.97 Å². The SMILES string of the molecule is CCOC(=O)c1c(NC(=O)COc2cccc(OC)c2)sc(C)c1-c1ccc(F)cc1. The van der Waals surface area contributed by atoms with Crippen LogP contribution >= 0.6 is 11.3 Å². The van der Waals surface area contributed by atoms with Gasteiger partial charge in [-0.2, -0.15) is 0 Å². The summed E-state index contributed by atoms with van der Waals surface area (Å²) in [5.41, 5.74) is 1.50. The quantitative estimate of drug-likeness (QED) is 0.493. The molecule has 0 radical (unpaired) electrons. The van der Waals surface area contributed by atoms with E-state index in [0.29, 0.717) is 27.6 Å².